The molecule has 0 bridgehead atoms. The highest BCUT2D eigenvalue weighted by Gasteiger charge is 2.08. The Hall–Kier alpha value is -3.33. The van der Waals surface area contributed by atoms with E-state index in [0.717, 1.165) is 58.4 Å². The Bertz CT molecular complexity index is 1180. The number of benzene rings is 2. The average molecular weight is 494 g/mol. The number of imidazole rings is 1. The Morgan fingerprint density at radius 3 is 2.57 bits per heavy atom. The van der Waals surface area contributed by atoms with Gasteiger partial charge in [-0.15, -0.1) is 11.3 Å². The first-order chi connectivity index (χ1) is 17.1. The Labute approximate surface area is 209 Å². The van der Waals surface area contributed by atoms with Gasteiger partial charge in [-0.25, -0.2) is 4.98 Å². The van der Waals surface area contributed by atoms with Gasteiger partial charge >= 0.3 is 0 Å². The van der Waals surface area contributed by atoms with Crippen LogP contribution in [0.1, 0.15) is 17.0 Å². The monoisotopic (exact) mass is 493 g/mol. The lowest BCUT2D eigenvalue weighted by atomic mass is 10.1. The Kier molecular flexibility index (Phi) is 8.78. The molecular weight excluding hydrogens is 462 g/mol. The number of aliphatic hydroxyl groups excluding tert-OH is 1. The third kappa shape index (κ3) is 7.08. The number of nitrogens with one attached hydrogen (secondary N) is 2. The summed E-state index contributed by atoms with van der Waals surface area (Å²) in [5, 5.41) is 15.6. The average Bonchev–Trinajstić information content (AvgIpc) is 3.58. The SMILES string of the molecule is COc1ccc(CCNC[C@H](O)COc2ccc(Cc3nc(-c4cccs4)c[nH]3)cc2)cc1OC. The number of thiophene rings is 1. The van der Waals surface area contributed by atoms with Crippen LogP contribution in [-0.2, 0) is 12.8 Å². The van der Waals surface area contributed by atoms with E-state index in [1.54, 1.807) is 25.6 Å². The molecule has 2 aromatic carbocycles. The van der Waals surface area contributed by atoms with Crippen LogP contribution in [0.4, 0.5) is 0 Å². The molecule has 0 fully saturated rings. The maximum atomic E-state index is 10.3. The number of methoxy groups -OCH3 is 2. The number of aromatic nitrogens is 2. The Morgan fingerprint density at radius 1 is 1.03 bits per heavy atom. The number of H-pyrrole nitrogens is 1. The van der Waals surface area contributed by atoms with Gasteiger partial charge in [0.2, 0.25) is 0 Å². The first kappa shape index (κ1) is 24.8. The summed E-state index contributed by atoms with van der Waals surface area (Å²) in [5.41, 5.74) is 3.25. The highest BCUT2D eigenvalue weighted by atomic mass is 32.1. The van der Waals surface area contributed by atoms with Gasteiger partial charge in [0.05, 0.1) is 24.8 Å². The largest absolute Gasteiger partial charge is 0.493 e. The minimum absolute atomic E-state index is 0.227. The van der Waals surface area contributed by atoms with Crippen molar-refractivity contribution in [2.45, 2.75) is 18.9 Å². The van der Waals surface area contributed by atoms with Crippen molar-refractivity contribution in [3.05, 3.63) is 83.1 Å². The van der Waals surface area contributed by atoms with Crippen molar-refractivity contribution in [1.29, 1.82) is 0 Å². The van der Waals surface area contributed by atoms with Gasteiger partial charge in [-0.1, -0.05) is 24.3 Å². The topological polar surface area (TPSA) is 88.6 Å². The van der Waals surface area contributed by atoms with Crippen molar-refractivity contribution in [2.75, 3.05) is 33.9 Å². The van der Waals surface area contributed by atoms with Crippen LogP contribution in [-0.4, -0.2) is 55.1 Å². The maximum absolute atomic E-state index is 10.3. The summed E-state index contributed by atoms with van der Waals surface area (Å²) in [6, 6.07) is 17.9. The van der Waals surface area contributed by atoms with Crippen molar-refractivity contribution in [1.82, 2.24) is 15.3 Å². The van der Waals surface area contributed by atoms with Gasteiger partial charge in [0.15, 0.2) is 11.5 Å². The molecule has 1 atom stereocenters. The molecule has 184 valence electrons. The van der Waals surface area contributed by atoms with Gasteiger partial charge in [0.25, 0.3) is 0 Å². The van der Waals surface area contributed by atoms with E-state index in [0.29, 0.717) is 12.3 Å². The number of hydrogen-bond acceptors (Lipinski definition) is 7. The first-order valence-corrected chi connectivity index (χ1v) is 12.4. The van der Waals surface area contributed by atoms with Gasteiger partial charge < -0.3 is 29.6 Å². The van der Waals surface area contributed by atoms with Crippen molar-refractivity contribution in [2.24, 2.45) is 0 Å². The molecule has 4 rings (SSSR count). The molecule has 2 heterocycles. The summed E-state index contributed by atoms with van der Waals surface area (Å²) in [6.07, 6.45) is 2.89. The number of ether oxygens (including phenoxy) is 3. The van der Waals surface area contributed by atoms with Crippen molar-refractivity contribution in [3.63, 3.8) is 0 Å². The molecule has 2 aromatic heterocycles. The van der Waals surface area contributed by atoms with E-state index in [2.05, 4.69) is 26.7 Å². The fraction of sp³-hybridized carbons (Fsp3) is 0.296. The van der Waals surface area contributed by atoms with E-state index < -0.39 is 6.10 Å². The molecule has 7 nitrogen and oxygen atoms in total. The van der Waals surface area contributed by atoms with Crippen molar-refractivity contribution < 1.29 is 19.3 Å². The zero-order valence-corrected chi connectivity index (χ0v) is 20.8. The summed E-state index contributed by atoms with van der Waals surface area (Å²) in [7, 11) is 3.25. The number of aliphatic hydroxyl groups is 1. The van der Waals surface area contributed by atoms with E-state index in [1.807, 2.05) is 54.7 Å². The second-order valence-corrected chi connectivity index (χ2v) is 9.09. The lowest BCUT2D eigenvalue weighted by Gasteiger charge is -2.14. The van der Waals surface area contributed by atoms with Gasteiger partial charge in [-0.3, -0.25) is 0 Å². The fourth-order valence-electron chi connectivity index (χ4n) is 3.69. The smallest absolute Gasteiger partial charge is 0.160 e. The lowest BCUT2D eigenvalue weighted by Crippen LogP contribution is -2.32. The summed E-state index contributed by atoms with van der Waals surface area (Å²) in [4.78, 5) is 9.09. The molecule has 0 aliphatic rings. The highest BCUT2D eigenvalue weighted by Crippen LogP contribution is 2.27. The molecular formula is C27H31N3O4S. The number of nitrogens with zero attached hydrogens (tertiary/aromatic N) is 1. The predicted octanol–water partition coefficient (Wildman–Crippen LogP) is 4.32. The molecule has 8 heteroatoms. The summed E-state index contributed by atoms with van der Waals surface area (Å²) in [5.74, 6) is 3.10. The second-order valence-electron chi connectivity index (χ2n) is 8.14. The minimum Gasteiger partial charge on any atom is -0.493 e. The Morgan fingerprint density at radius 2 is 1.83 bits per heavy atom. The molecule has 0 aliphatic heterocycles. The second kappa shape index (κ2) is 12.4. The van der Waals surface area contributed by atoms with E-state index in [4.69, 9.17) is 14.2 Å². The molecule has 0 saturated carbocycles. The van der Waals surface area contributed by atoms with Gasteiger partial charge in [0, 0.05) is 19.2 Å². The summed E-state index contributed by atoms with van der Waals surface area (Å²) >= 11 is 1.68. The van der Waals surface area contributed by atoms with Gasteiger partial charge in [-0.05, 0) is 59.8 Å². The lowest BCUT2D eigenvalue weighted by molar-refractivity contribution is 0.106. The molecule has 0 radical (unpaired) electrons. The summed E-state index contributed by atoms with van der Waals surface area (Å²) < 4.78 is 16.4. The summed E-state index contributed by atoms with van der Waals surface area (Å²) in [6.45, 7) is 1.42. The van der Waals surface area contributed by atoms with Crippen molar-refractivity contribution >= 4 is 11.3 Å². The van der Waals surface area contributed by atoms with Gasteiger partial charge in [-0.2, -0.15) is 0 Å². The predicted molar refractivity (Wildman–Crippen MR) is 139 cm³/mol. The number of aromatic amines is 1. The zero-order chi connectivity index (χ0) is 24.5. The molecule has 0 aliphatic carbocycles. The highest BCUT2D eigenvalue weighted by molar-refractivity contribution is 7.13. The molecule has 3 N–H and O–H groups in total. The quantitative estimate of drug-likeness (QED) is 0.241. The maximum Gasteiger partial charge on any atom is 0.160 e. The van der Waals surface area contributed by atoms with Crippen LogP contribution in [0.25, 0.3) is 10.6 Å². The van der Waals surface area contributed by atoms with E-state index in [9.17, 15) is 5.11 Å². The standard InChI is InChI=1S/C27H31N3O4S/c1-32-24-10-7-20(14-25(24)33-2)11-12-28-16-21(31)18-34-22-8-5-19(6-9-22)15-27-29-17-23(30-27)26-4-3-13-35-26/h3-10,13-14,17,21,28,31H,11-12,15-16,18H2,1-2H3,(H,29,30)/t21-/m0/s1. The van der Waals surface area contributed by atoms with Gasteiger partial charge in [0.1, 0.15) is 24.3 Å². The molecule has 4 aromatic rings. The van der Waals surface area contributed by atoms with E-state index in [-0.39, 0.29) is 6.61 Å². The van der Waals surface area contributed by atoms with Crippen LogP contribution in [0.15, 0.2) is 66.2 Å². The van der Waals surface area contributed by atoms with E-state index >= 15 is 0 Å². The zero-order valence-electron chi connectivity index (χ0n) is 20.0. The fourth-order valence-corrected chi connectivity index (χ4v) is 4.37. The molecule has 35 heavy (non-hydrogen) atoms. The first-order valence-electron chi connectivity index (χ1n) is 11.5. The third-order valence-electron chi connectivity index (χ3n) is 5.56. The molecule has 0 amide bonds. The van der Waals surface area contributed by atoms with Crippen LogP contribution in [0.3, 0.4) is 0 Å². The normalized spacial score (nSPS) is 11.9. The van der Waals surface area contributed by atoms with Crippen molar-refractivity contribution in [3.8, 4) is 27.8 Å². The molecule has 0 spiro atoms. The number of hydrogen-bond donors (Lipinski definition) is 3. The third-order valence-corrected chi connectivity index (χ3v) is 6.45. The molecule has 0 saturated heterocycles. The minimum atomic E-state index is -0.598. The van der Waals surface area contributed by atoms with E-state index in [1.165, 1.54) is 0 Å². The van der Waals surface area contributed by atoms with Crippen LogP contribution in [0.2, 0.25) is 0 Å². The van der Waals surface area contributed by atoms with Crippen LogP contribution in [0, 0.1) is 0 Å². The number of rotatable bonds is 13. The van der Waals surface area contributed by atoms with Crippen LogP contribution in [0.5, 0.6) is 17.2 Å². The van der Waals surface area contributed by atoms with Crippen LogP contribution < -0.4 is 19.5 Å². The Balaban J connectivity index is 1.16. The molecule has 0 unspecified atom stereocenters. The van der Waals surface area contributed by atoms with Crippen LogP contribution >= 0.6 is 11.3 Å².